The summed E-state index contributed by atoms with van der Waals surface area (Å²) in [5.41, 5.74) is 2.22. The summed E-state index contributed by atoms with van der Waals surface area (Å²) < 4.78 is 0. The normalized spacial score (nSPS) is 14.1. The van der Waals surface area contributed by atoms with Gasteiger partial charge in [-0.15, -0.1) is 0 Å². The minimum atomic E-state index is -1.04. The predicted molar refractivity (Wildman–Crippen MR) is 128 cm³/mol. The van der Waals surface area contributed by atoms with Crippen molar-refractivity contribution in [1.29, 1.82) is 0 Å². The monoisotopic (exact) mass is 465 g/mol. The number of carbonyl (C=O) groups is 2. The summed E-state index contributed by atoms with van der Waals surface area (Å²) in [6.07, 6.45) is 6.76. The van der Waals surface area contributed by atoms with Gasteiger partial charge in [-0.05, 0) is 55.3 Å². The molecule has 9 heteroatoms. The minimum Gasteiger partial charge on any atom is -0.478 e. The number of carbonyl (C=O) groups excluding carboxylic acids is 1. The van der Waals surface area contributed by atoms with Crippen molar-refractivity contribution in [2.24, 2.45) is 0 Å². The lowest BCUT2D eigenvalue weighted by atomic mass is 10.00. The van der Waals surface area contributed by atoms with Gasteiger partial charge in [0.15, 0.2) is 0 Å². The summed E-state index contributed by atoms with van der Waals surface area (Å²) in [7, 11) is 1.91. The van der Waals surface area contributed by atoms with E-state index in [1.807, 2.05) is 24.1 Å². The molecule has 0 atom stereocenters. The first kappa shape index (κ1) is 22.5. The van der Waals surface area contributed by atoms with E-state index in [9.17, 15) is 14.7 Å². The van der Waals surface area contributed by atoms with Crippen molar-refractivity contribution in [3.63, 3.8) is 0 Å². The number of carboxylic acid groups (broad SMARTS) is 1. The highest BCUT2D eigenvalue weighted by Gasteiger charge is 2.26. The molecule has 0 radical (unpaired) electrons. The molecule has 1 aliphatic rings. The van der Waals surface area contributed by atoms with Crippen LogP contribution in [0.3, 0.4) is 0 Å². The number of benzene rings is 1. The Morgan fingerprint density at radius 3 is 2.48 bits per heavy atom. The van der Waals surface area contributed by atoms with Crippen molar-refractivity contribution in [1.82, 2.24) is 9.97 Å². The second-order valence-electron chi connectivity index (χ2n) is 7.89. The van der Waals surface area contributed by atoms with Gasteiger partial charge in [0.2, 0.25) is 0 Å². The first-order valence-electron chi connectivity index (χ1n) is 10.6. The Labute approximate surface area is 196 Å². The van der Waals surface area contributed by atoms with Crippen molar-refractivity contribution >= 4 is 40.7 Å². The first-order valence-corrected chi connectivity index (χ1v) is 11.0. The molecule has 1 aromatic carbocycles. The minimum absolute atomic E-state index is 0.132. The van der Waals surface area contributed by atoms with Crippen LogP contribution in [0.4, 0.5) is 17.2 Å². The van der Waals surface area contributed by atoms with E-state index in [2.05, 4.69) is 20.2 Å². The molecule has 4 rings (SSSR count). The van der Waals surface area contributed by atoms with E-state index in [0.29, 0.717) is 22.1 Å². The third-order valence-electron chi connectivity index (χ3n) is 5.88. The van der Waals surface area contributed by atoms with Crippen LogP contribution in [0, 0.1) is 0 Å². The highest BCUT2D eigenvalue weighted by Crippen LogP contribution is 2.29. The first-order chi connectivity index (χ1) is 15.9. The lowest BCUT2D eigenvalue weighted by molar-refractivity contribution is 0.0696. The van der Waals surface area contributed by atoms with Crippen molar-refractivity contribution in [2.75, 3.05) is 35.3 Å². The van der Waals surface area contributed by atoms with Crippen molar-refractivity contribution in [2.45, 2.75) is 18.9 Å². The standard InChI is InChI=1S/C24H24ClN5O3/c1-29(18-8-12-30(13-9-18)19-6-10-26-11-7-19)21-14-16(24(32)33)2-4-20(21)23(31)28-22-5-3-17(25)15-27-22/h2-7,10-11,14-15,18H,8-9,12-13H2,1H3,(H,32,33)(H,27,28,31). The van der Waals surface area contributed by atoms with Gasteiger partial charge in [-0.2, -0.15) is 0 Å². The number of rotatable bonds is 6. The van der Waals surface area contributed by atoms with Gasteiger partial charge in [-0.25, -0.2) is 9.78 Å². The van der Waals surface area contributed by atoms with Gasteiger partial charge in [-0.3, -0.25) is 9.78 Å². The Morgan fingerprint density at radius 2 is 1.85 bits per heavy atom. The Kier molecular flexibility index (Phi) is 6.74. The Morgan fingerprint density at radius 1 is 1.12 bits per heavy atom. The van der Waals surface area contributed by atoms with E-state index in [1.165, 1.54) is 12.3 Å². The summed E-state index contributed by atoms with van der Waals surface area (Å²) >= 11 is 5.87. The highest BCUT2D eigenvalue weighted by molar-refractivity contribution is 6.30. The van der Waals surface area contributed by atoms with Crippen LogP contribution in [-0.4, -0.2) is 53.1 Å². The lowest BCUT2D eigenvalue weighted by Gasteiger charge is -2.39. The Hall–Kier alpha value is -3.65. The predicted octanol–water partition coefficient (Wildman–Crippen LogP) is 4.19. The number of aromatic carboxylic acids is 1. The van der Waals surface area contributed by atoms with Crippen LogP contribution in [-0.2, 0) is 0 Å². The van der Waals surface area contributed by atoms with Gasteiger partial charge >= 0.3 is 5.97 Å². The zero-order chi connectivity index (χ0) is 23.4. The van der Waals surface area contributed by atoms with Gasteiger partial charge < -0.3 is 20.2 Å². The number of nitrogens with one attached hydrogen (secondary N) is 1. The fraction of sp³-hybridized carbons (Fsp3) is 0.250. The van der Waals surface area contributed by atoms with Crippen LogP contribution in [0.15, 0.2) is 61.1 Å². The zero-order valence-electron chi connectivity index (χ0n) is 18.1. The number of amides is 1. The number of carboxylic acids is 1. The van der Waals surface area contributed by atoms with Crippen molar-refractivity contribution in [3.05, 3.63) is 77.2 Å². The average Bonchev–Trinajstić information content (AvgIpc) is 2.85. The number of hydrogen-bond donors (Lipinski definition) is 2. The molecule has 33 heavy (non-hydrogen) atoms. The smallest absolute Gasteiger partial charge is 0.335 e. The number of piperidine rings is 1. The topological polar surface area (TPSA) is 98.7 Å². The third kappa shape index (κ3) is 5.23. The maximum Gasteiger partial charge on any atom is 0.335 e. The molecule has 0 aliphatic carbocycles. The molecule has 0 spiro atoms. The largest absolute Gasteiger partial charge is 0.478 e. The maximum atomic E-state index is 13.1. The van der Waals surface area contributed by atoms with Crippen LogP contribution in [0.5, 0.6) is 0 Å². The van der Waals surface area contributed by atoms with Crippen LogP contribution in [0.1, 0.15) is 33.6 Å². The zero-order valence-corrected chi connectivity index (χ0v) is 18.9. The lowest BCUT2D eigenvalue weighted by Crippen LogP contribution is -2.44. The van der Waals surface area contributed by atoms with Crippen LogP contribution < -0.4 is 15.1 Å². The molecule has 3 aromatic rings. The number of hydrogen-bond acceptors (Lipinski definition) is 6. The van der Waals surface area contributed by atoms with Crippen molar-refractivity contribution in [3.8, 4) is 0 Å². The molecule has 1 amide bonds. The second-order valence-corrected chi connectivity index (χ2v) is 8.32. The summed E-state index contributed by atoms with van der Waals surface area (Å²) in [6, 6.07) is 11.9. The van der Waals surface area contributed by atoms with E-state index in [1.54, 1.807) is 36.7 Å². The second kappa shape index (κ2) is 9.87. The van der Waals surface area contributed by atoms with Crippen molar-refractivity contribution < 1.29 is 14.7 Å². The van der Waals surface area contributed by atoms with Crippen LogP contribution in [0.25, 0.3) is 0 Å². The molecule has 3 heterocycles. The van der Waals surface area contributed by atoms with Gasteiger partial charge in [0.1, 0.15) is 5.82 Å². The number of aromatic nitrogens is 2. The van der Waals surface area contributed by atoms with Crippen LogP contribution in [0.2, 0.25) is 5.02 Å². The fourth-order valence-electron chi connectivity index (χ4n) is 4.04. The number of halogens is 1. The van der Waals surface area contributed by atoms with Gasteiger partial charge in [-0.1, -0.05) is 11.6 Å². The summed E-state index contributed by atoms with van der Waals surface area (Å²) in [4.78, 5) is 37.2. The molecule has 1 aliphatic heterocycles. The molecule has 170 valence electrons. The molecular weight excluding hydrogens is 442 g/mol. The Balaban J connectivity index is 1.54. The van der Waals surface area contributed by atoms with E-state index >= 15 is 0 Å². The van der Waals surface area contributed by atoms with E-state index in [0.717, 1.165) is 31.6 Å². The van der Waals surface area contributed by atoms with Gasteiger partial charge in [0, 0.05) is 50.5 Å². The molecule has 2 aromatic heterocycles. The van der Waals surface area contributed by atoms with E-state index < -0.39 is 5.97 Å². The average molecular weight is 466 g/mol. The third-order valence-corrected chi connectivity index (χ3v) is 6.10. The molecule has 1 saturated heterocycles. The molecule has 1 fully saturated rings. The molecule has 0 saturated carbocycles. The fourth-order valence-corrected chi connectivity index (χ4v) is 4.16. The van der Waals surface area contributed by atoms with E-state index in [-0.39, 0.29) is 17.5 Å². The van der Waals surface area contributed by atoms with Gasteiger partial charge in [0.05, 0.1) is 21.8 Å². The quantitative estimate of drug-likeness (QED) is 0.563. The SMILES string of the molecule is CN(c1cc(C(=O)O)ccc1C(=O)Nc1ccc(Cl)cn1)C1CCN(c2ccncc2)CC1. The number of anilines is 3. The Bertz CT molecular complexity index is 1130. The highest BCUT2D eigenvalue weighted by atomic mass is 35.5. The summed E-state index contributed by atoms with van der Waals surface area (Å²) in [5, 5.41) is 12.7. The molecule has 0 unspecified atom stereocenters. The summed E-state index contributed by atoms with van der Waals surface area (Å²) in [6.45, 7) is 1.71. The number of pyridine rings is 2. The van der Waals surface area contributed by atoms with Crippen LogP contribution >= 0.6 is 11.6 Å². The maximum absolute atomic E-state index is 13.1. The molecule has 2 N–H and O–H groups in total. The number of nitrogens with zero attached hydrogens (tertiary/aromatic N) is 4. The molecular formula is C24H24ClN5O3. The van der Waals surface area contributed by atoms with Gasteiger partial charge in [0.25, 0.3) is 5.91 Å². The summed E-state index contributed by atoms with van der Waals surface area (Å²) in [5.74, 6) is -1.03. The molecule has 0 bridgehead atoms. The molecule has 8 nitrogen and oxygen atoms in total. The van der Waals surface area contributed by atoms with E-state index in [4.69, 9.17) is 11.6 Å².